The molecule has 0 radical (unpaired) electrons. The van der Waals surface area contributed by atoms with Gasteiger partial charge in [-0.15, -0.1) is 0 Å². The molecule has 13 aromatic rings. The van der Waals surface area contributed by atoms with Crippen LogP contribution in [0.15, 0.2) is 303 Å². The van der Waals surface area contributed by atoms with E-state index in [1.807, 2.05) is 0 Å². The van der Waals surface area contributed by atoms with Gasteiger partial charge in [-0.3, -0.25) is 0 Å². The maximum atomic E-state index is 2.49. The van der Waals surface area contributed by atoms with Gasteiger partial charge < -0.3 is 9.47 Å². The van der Waals surface area contributed by atoms with Crippen molar-refractivity contribution in [1.29, 1.82) is 0 Å². The monoisotopic (exact) mass is 954 g/mol. The summed E-state index contributed by atoms with van der Waals surface area (Å²) in [5, 5.41) is 2.46. The van der Waals surface area contributed by atoms with Gasteiger partial charge >= 0.3 is 0 Å². The Morgan fingerprint density at radius 3 is 1.24 bits per heavy atom. The van der Waals surface area contributed by atoms with E-state index in [2.05, 4.69) is 313 Å². The van der Waals surface area contributed by atoms with Crippen LogP contribution in [0.1, 0.15) is 22.3 Å². The lowest BCUT2D eigenvalue weighted by Gasteiger charge is -2.34. The second kappa shape index (κ2) is 18.4. The van der Waals surface area contributed by atoms with Crippen molar-refractivity contribution in [1.82, 2.24) is 4.57 Å². The lowest BCUT2D eigenvalue weighted by molar-refractivity contribution is 0.767. The Labute approximate surface area is 438 Å². The predicted molar refractivity (Wildman–Crippen MR) is 315 cm³/mol. The van der Waals surface area contributed by atoms with Gasteiger partial charge in [0.1, 0.15) is 0 Å². The molecule has 1 aromatic heterocycles. The first-order chi connectivity index (χ1) is 37.2. The molecule has 1 aliphatic carbocycles. The summed E-state index contributed by atoms with van der Waals surface area (Å²) in [5.74, 6) is 0. The maximum Gasteiger partial charge on any atom is 0.0714 e. The van der Waals surface area contributed by atoms with E-state index in [9.17, 15) is 0 Å². The minimum absolute atomic E-state index is 0.500. The van der Waals surface area contributed by atoms with Crippen LogP contribution in [0.5, 0.6) is 0 Å². The summed E-state index contributed by atoms with van der Waals surface area (Å²) in [4.78, 5) is 2.35. The Hall–Kier alpha value is -9.76. The first-order valence-electron chi connectivity index (χ1n) is 25.9. The molecule has 0 unspecified atom stereocenters. The van der Waals surface area contributed by atoms with Gasteiger partial charge in [-0.25, -0.2) is 0 Å². The van der Waals surface area contributed by atoms with E-state index in [4.69, 9.17) is 0 Å². The molecule has 12 aromatic carbocycles. The molecule has 2 heteroatoms. The van der Waals surface area contributed by atoms with Crippen LogP contribution in [0, 0.1) is 0 Å². The highest BCUT2D eigenvalue weighted by Crippen LogP contribution is 2.57. The van der Waals surface area contributed by atoms with Gasteiger partial charge in [0.2, 0.25) is 0 Å². The Bertz CT molecular complexity index is 4060. The van der Waals surface area contributed by atoms with E-state index in [0.29, 0.717) is 0 Å². The van der Waals surface area contributed by atoms with E-state index in [0.717, 1.165) is 28.3 Å². The minimum Gasteiger partial charge on any atom is -0.311 e. The number of para-hydroxylation sites is 1. The number of nitrogens with zero attached hydrogens (tertiary/aromatic N) is 2. The molecular weight excluding hydrogens is 905 g/mol. The fourth-order valence-corrected chi connectivity index (χ4v) is 12.1. The van der Waals surface area contributed by atoms with Crippen LogP contribution in [0.25, 0.3) is 83.1 Å². The topological polar surface area (TPSA) is 8.17 Å². The minimum atomic E-state index is -0.500. The molecule has 0 amide bonds. The number of aromatic nitrogens is 1. The van der Waals surface area contributed by atoms with E-state index in [1.54, 1.807) is 0 Å². The molecular formula is C73H50N2. The third-order valence-corrected chi connectivity index (χ3v) is 15.5. The smallest absolute Gasteiger partial charge is 0.0714 e. The Morgan fingerprint density at radius 2 is 0.667 bits per heavy atom. The Kier molecular flexibility index (Phi) is 10.8. The van der Waals surface area contributed by atoms with Crippen LogP contribution < -0.4 is 4.90 Å². The van der Waals surface area contributed by atoms with E-state index in [1.165, 1.54) is 94.1 Å². The number of fused-ring (bicyclic) bond motifs is 6. The standard InChI is InChI=1S/C73H50N2/c1-5-19-51(20-6-1)53-33-40-59(41-34-53)74(60-42-35-54(36-43-60)52-21-7-2-8-22-52)61-44-37-55(38-45-61)63-27-13-14-28-64(63)56-39-47-68-67-30-16-18-32-71(67)75(72(68)49-56)62-46-48-66-65-29-15-17-31-69(65)73(70(66)50-62,57-23-9-3-10-24-57)58-25-11-4-12-26-58/h1-50H. The van der Waals surface area contributed by atoms with Crippen molar-refractivity contribution >= 4 is 38.9 Å². The molecule has 0 saturated heterocycles. The first kappa shape index (κ1) is 44.0. The maximum absolute atomic E-state index is 2.49. The number of anilines is 3. The number of hydrogen-bond donors (Lipinski definition) is 0. The molecule has 0 aliphatic heterocycles. The summed E-state index contributed by atoms with van der Waals surface area (Å²) in [6.07, 6.45) is 0. The Balaban J connectivity index is 0.874. The molecule has 352 valence electrons. The quantitative estimate of drug-likeness (QED) is 0.133. The molecule has 0 fully saturated rings. The fourth-order valence-electron chi connectivity index (χ4n) is 12.1. The van der Waals surface area contributed by atoms with E-state index in [-0.39, 0.29) is 0 Å². The van der Waals surface area contributed by atoms with Crippen molar-refractivity contribution in [2.24, 2.45) is 0 Å². The van der Waals surface area contributed by atoms with Crippen LogP contribution in [0.4, 0.5) is 17.1 Å². The highest BCUT2D eigenvalue weighted by molar-refractivity contribution is 6.10. The van der Waals surface area contributed by atoms with Crippen LogP contribution in [-0.4, -0.2) is 4.57 Å². The van der Waals surface area contributed by atoms with Crippen LogP contribution in [0.3, 0.4) is 0 Å². The third kappa shape index (κ3) is 7.41. The SMILES string of the molecule is c1ccc(-c2ccc(N(c3ccc(-c4ccccc4)cc3)c3ccc(-c4ccccc4-c4ccc5c6ccccc6n(-c6ccc7c(c6)C(c6ccccc6)(c6ccccc6)c6ccccc6-7)c5c4)cc3)cc2)cc1. The molecule has 2 nitrogen and oxygen atoms in total. The van der Waals surface area contributed by atoms with Gasteiger partial charge in [0.25, 0.3) is 0 Å². The third-order valence-electron chi connectivity index (χ3n) is 15.5. The zero-order valence-corrected chi connectivity index (χ0v) is 41.3. The molecule has 0 bridgehead atoms. The molecule has 14 rings (SSSR count). The van der Waals surface area contributed by atoms with Crippen molar-refractivity contribution in [3.63, 3.8) is 0 Å². The molecule has 1 heterocycles. The van der Waals surface area contributed by atoms with Gasteiger partial charge in [0.05, 0.1) is 16.4 Å². The van der Waals surface area contributed by atoms with Crippen LogP contribution >= 0.6 is 0 Å². The number of rotatable bonds is 10. The molecule has 75 heavy (non-hydrogen) atoms. The average Bonchev–Trinajstić information content (AvgIpc) is 4.08. The number of hydrogen-bond acceptors (Lipinski definition) is 1. The Morgan fingerprint density at radius 1 is 0.253 bits per heavy atom. The highest BCUT2D eigenvalue weighted by Gasteiger charge is 2.46. The average molecular weight is 955 g/mol. The van der Waals surface area contributed by atoms with E-state index < -0.39 is 5.41 Å². The zero-order valence-electron chi connectivity index (χ0n) is 41.3. The lowest BCUT2D eigenvalue weighted by atomic mass is 9.67. The lowest BCUT2D eigenvalue weighted by Crippen LogP contribution is -2.28. The normalized spacial score (nSPS) is 12.4. The van der Waals surface area contributed by atoms with Crippen molar-refractivity contribution in [2.75, 3.05) is 4.90 Å². The molecule has 0 atom stereocenters. The summed E-state index contributed by atoms with van der Waals surface area (Å²) >= 11 is 0. The van der Waals surface area contributed by atoms with Gasteiger partial charge in [-0.1, -0.05) is 243 Å². The largest absolute Gasteiger partial charge is 0.311 e. The molecule has 1 aliphatic rings. The summed E-state index contributed by atoms with van der Waals surface area (Å²) in [6.45, 7) is 0. The van der Waals surface area contributed by atoms with E-state index >= 15 is 0 Å². The van der Waals surface area contributed by atoms with Gasteiger partial charge in [0.15, 0.2) is 0 Å². The van der Waals surface area contributed by atoms with Crippen molar-refractivity contribution in [3.8, 4) is 61.3 Å². The summed E-state index contributed by atoms with van der Waals surface area (Å²) in [6, 6.07) is 111. The number of benzene rings is 12. The first-order valence-corrected chi connectivity index (χ1v) is 25.9. The summed E-state index contributed by atoms with van der Waals surface area (Å²) < 4.78 is 2.49. The zero-order chi connectivity index (χ0) is 49.7. The van der Waals surface area contributed by atoms with Crippen molar-refractivity contribution < 1.29 is 0 Å². The second-order valence-electron chi connectivity index (χ2n) is 19.6. The van der Waals surface area contributed by atoms with Gasteiger partial charge in [-0.2, -0.15) is 0 Å². The predicted octanol–water partition coefficient (Wildman–Crippen LogP) is 19.3. The molecule has 0 saturated carbocycles. The van der Waals surface area contributed by atoms with Gasteiger partial charge in [-0.05, 0) is 139 Å². The van der Waals surface area contributed by atoms with Crippen LogP contribution in [-0.2, 0) is 5.41 Å². The second-order valence-corrected chi connectivity index (χ2v) is 19.6. The fraction of sp³-hybridized carbons (Fsp3) is 0.0137. The van der Waals surface area contributed by atoms with Crippen LogP contribution in [0.2, 0.25) is 0 Å². The summed E-state index contributed by atoms with van der Waals surface area (Å²) in [5.41, 5.74) is 23.4. The highest BCUT2D eigenvalue weighted by atomic mass is 15.1. The van der Waals surface area contributed by atoms with Crippen molar-refractivity contribution in [3.05, 3.63) is 326 Å². The van der Waals surface area contributed by atoms with Gasteiger partial charge in [0, 0.05) is 33.5 Å². The molecule has 0 spiro atoms. The van der Waals surface area contributed by atoms with Crippen molar-refractivity contribution in [2.45, 2.75) is 5.41 Å². The summed E-state index contributed by atoms with van der Waals surface area (Å²) in [7, 11) is 0. The molecule has 0 N–H and O–H groups in total.